The van der Waals surface area contributed by atoms with Crippen molar-refractivity contribution in [3.05, 3.63) is 59.7 Å². The maximum absolute atomic E-state index is 11.6. The quantitative estimate of drug-likeness (QED) is 0.785. The van der Waals surface area contributed by atoms with Crippen LogP contribution in [0.3, 0.4) is 0 Å². The van der Waals surface area contributed by atoms with Crippen LogP contribution < -0.4 is 9.47 Å². The van der Waals surface area contributed by atoms with Crippen molar-refractivity contribution in [1.82, 2.24) is 0 Å². The molecule has 0 saturated carbocycles. The van der Waals surface area contributed by atoms with Crippen molar-refractivity contribution in [2.24, 2.45) is 0 Å². The summed E-state index contributed by atoms with van der Waals surface area (Å²) in [6, 6.07) is 15.4. The summed E-state index contributed by atoms with van der Waals surface area (Å²) in [4.78, 5) is 11.6. The van der Waals surface area contributed by atoms with Gasteiger partial charge in [0.05, 0.1) is 0 Å². The van der Waals surface area contributed by atoms with E-state index in [2.05, 4.69) is 6.07 Å². The van der Waals surface area contributed by atoms with Crippen LogP contribution in [0, 0.1) is 0 Å². The van der Waals surface area contributed by atoms with Gasteiger partial charge in [0.1, 0.15) is 24.2 Å². The average molecular weight is 282 g/mol. The fourth-order valence-electron chi connectivity index (χ4n) is 2.48. The first-order valence-corrected chi connectivity index (χ1v) is 7.27. The lowest BCUT2D eigenvalue weighted by Gasteiger charge is -2.12. The van der Waals surface area contributed by atoms with Gasteiger partial charge >= 0.3 is 0 Å². The minimum Gasteiger partial charge on any atom is -0.490 e. The molecule has 0 bridgehead atoms. The van der Waals surface area contributed by atoms with Crippen molar-refractivity contribution in [3.63, 3.8) is 0 Å². The van der Waals surface area contributed by atoms with Crippen molar-refractivity contribution in [3.8, 4) is 11.5 Å². The number of hydrogen-bond donors (Lipinski definition) is 0. The topological polar surface area (TPSA) is 35.5 Å². The molecule has 3 rings (SSSR count). The van der Waals surface area contributed by atoms with Crippen LogP contribution in [0.25, 0.3) is 0 Å². The molecule has 1 aliphatic rings. The summed E-state index contributed by atoms with van der Waals surface area (Å²) in [5, 5.41) is 0. The maximum Gasteiger partial charge on any atom is 0.162 e. The van der Waals surface area contributed by atoms with E-state index in [9.17, 15) is 4.79 Å². The normalized spacial score (nSPS) is 16.1. The minimum atomic E-state index is 0.0550. The molecule has 2 aromatic carbocycles. The van der Waals surface area contributed by atoms with Gasteiger partial charge in [-0.05, 0) is 35.9 Å². The van der Waals surface area contributed by atoms with Crippen LogP contribution in [0.4, 0.5) is 0 Å². The van der Waals surface area contributed by atoms with Crippen LogP contribution in [-0.2, 0) is 6.42 Å². The minimum absolute atomic E-state index is 0.0550. The Kier molecular flexibility index (Phi) is 3.91. The number of ketones is 1. The highest BCUT2D eigenvalue weighted by Crippen LogP contribution is 2.28. The molecule has 0 spiro atoms. The van der Waals surface area contributed by atoms with Gasteiger partial charge in [-0.15, -0.1) is 0 Å². The van der Waals surface area contributed by atoms with Crippen molar-refractivity contribution in [1.29, 1.82) is 0 Å². The molecule has 0 aromatic heterocycles. The molecule has 2 aromatic rings. The molecule has 21 heavy (non-hydrogen) atoms. The van der Waals surface area contributed by atoms with E-state index in [4.69, 9.17) is 9.47 Å². The maximum atomic E-state index is 11.6. The van der Waals surface area contributed by atoms with Crippen LogP contribution in [-0.4, -0.2) is 18.5 Å². The number of carbonyl (C=O) groups excluding carboxylic acids is 1. The zero-order chi connectivity index (χ0) is 14.7. The van der Waals surface area contributed by atoms with Gasteiger partial charge in [-0.1, -0.05) is 25.1 Å². The van der Waals surface area contributed by atoms with Crippen LogP contribution >= 0.6 is 0 Å². The Balaban J connectivity index is 1.56. The van der Waals surface area contributed by atoms with Crippen molar-refractivity contribution in [2.45, 2.75) is 25.9 Å². The van der Waals surface area contributed by atoms with Gasteiger partial charge in [-0.2, -0.15) is 0 Å². The SMILES string of the molecule is CCC(=O)c1ccc(OCC2Cc3ccccc3O2)cc1. The molecule has 0 saturated heterocycles. The lowest BCUT2D eigenvalue weighted by molar-refractivity contribution is 0.0988. The Hall–Kier alpha value is -2.29. The first-order valence-electron chi connectivity index (χ1n) is 7.27. The fourth-order valence-corrected chi connectivity index (χ4v) is 2.48. The molecule has 1 atom stereocenters. The number of rotatable bonds is 5. The number of benzene rings is 2. The molecular formula is C18H18O3. The van der Waals surface area contributed by atoms with Crippen LogP contribution in [0.15, 0.2) is 48.5 Å². The van der Waals surface area contributed by atoms with Crippen LogP contribution in [0.2, 0.25) is 0 Å². The van der Waals surface area contributed by atoms with E-state index in [0.717, 1.165) is 23.5 Å². The number of para-hydroxylation sites is 1. The third-order valence-corrected chi connectivity index (χ3v) is 3.65. The molecule has 108 valence electrons. The molecule has 1 aliphatic heterocycles. The molecule has 1 unspecified atom stereocenters. The molecule has 0 fully saturated rings. The van der Waals surface area contributed by atoms with Crippen LogP contribution in [0.5, 0.6) is 11.5 Å². The standard InChI is InChI=1S/C18H18O3/c1-2-17(19)13-7-9-15(10-8-13)20-12-16-11-14-5-3-4-6-18(14)21-16/h3-10,16H,2,11-12H2,1H3. The molecular weight excluding hydrogens is 264 g/mol. The number of fused-ring (bicyclic) bond motifs is 1. The van der Waals surface area contributed by atoms with E-state index >= 15 is 0 Å². The third kappa shape index (κ3) is 3.07. The summed E-state index contributed by atoms with van der Waals surface area (Å²) in [7, 11) is 0. The lowest BCUT2D eigenvalue weighted by atomic mass is 10.1. The summed E-state index contributed by atoms with van der Waals surface area (Å²) < 4.78 is 11.6. The van der Waals surface area contributed by atoms with Crippen LogP contribution in [0.1, 0.15) is 29.3 Å². The average Bonchev–Trinajstić information content (AvgIpc) is 2.95. The highest BCUT2D eigenvalue weighted by molar-refractivity contribution is 5.95. The Morgan fingerprint density at radius 2 is 1.95 bits per heavy atom. The second-order valence-electron chi connectivity index (χ2n) is 5.16. The number of carbonyl (C=O) groups is 1. The Labute approximate surface area is 124 Å². The number of hydrogen-bond acceptors (Lipinski definition) is 3. The molecule has 0 radical (unpaired) electrons. The monoisotopic (exact) mass is 282 g/mol. The predicted molar refractivity (Wildman–Crippen MR) is 81.1 cm³/mol. The van der Waals surface area contributed by atoms with Gasteiger partial charge < -0.3 is 9.47 Å². The number of Topliss-reactive ketones (excluding diaryl/α,β-unsaturated/α-hetero) is 1. The van der Waals surface area contributed by atoms with Gasteiger partial charge in [0.15, 0.2) is 5.78 Å². The highest BCUT2D eigenvalue weighted by atomic mass is 16.5. The summed E-state index contributed by atoms with van der Waals surface area (Å²) in [5.41, 5.74) is 1.96. The van der Waals surface area contributed by atoms with E-state index in [0.29, 0.717) is 13.0 Å². The van der Waals surface area contributed by atoms with E-state index in [1.807, 2.05) is 49.4 Å². The second-order valence-corrected chi connectivity index (χ2v) is 5.16. The second kappa shape index (κ2) is 6.00. The zero-order valence-corrected chi connectivity index (χ0v) is 12.0. The summed E-state index contributed by atoms with van der Waals surface area (Å²) in [5.74, 6) is 1.87. The van der Waals surface area contributed by atoms with Gasteiger partial charge in [0.25, 0.3) is 0 Å². The largest absolute Gasteiger partial charge is 0.490 e. The van der Waals surface area contributed by atoms with E-state index < -0.39 is 0 Å². The van der Waals surface area contributed by atoms with E-state index in [-0.39, 0.29) is 11.9 Å². The highest BCUT2D eigenvalue weighted by Gasteiger charge is 2.22. The smallest absolute Gasteiger partial charge is 0.162 e. The van der Waals surface area contributed by atoms with Gasteiger partial charge in [-0.3, -0.25) is 4.79 Å². The zero-order valence-electron chi connectivity index (χ0n) is 12.0. The molecule has 3 heteroatoms. The lowest BCUT2D eigenvalue weighted by Crippen LogP contribution is -2.22. The van der Waals surface area contributed by atoms with Gasteiger partial charge in [0, 0.05) is 18.4 Å². The van der Waals surface area contributed by atoms with Crippen molar-refractivity contribution < 1.29 is 14.3 Å². The summed E-state index contributed by atoms with van der Waals surface area (Å²) in [6.07, 6.45) is 1.45. The Morgan fingerprint density at radius 3 is 2.67 bits per heavy atom. The summed E-state index contributed by atoms with van der Waals surface area (Å²) >= 11 is 0. The third-order valence-electron chi connectivity index (χ3n) is 3.65. The van der Waals surface area contributed by atoms with E-state index in [1.165, 1.54) is 5.56 Å². The number of ether oxygens (including phenoxy) is 2. The van der Waals surface area contributed by atoms with E-state index in [1.54, 1.807) is 0 Å². The summed E-state index contributed by atoms with van der Waals surface area (Å²) in [6.45, 7) is 2.37. The molecule has 3 nitrogen and oxygen atoms in total. The van der Waals surface area contributed by atoms with Gasteiger partial charge in [0.2, 0.25) is 0 Å². The Bertz CT molecular complexity index is 606. The molecule has 0 aliphatic carbocycles. The Morgan fingerprint density at radius 1 is 1.19 bits per heavy atom. The van der Waals surface area contributed by atoms with Crippen molar-refractivity contribution in [2.75, 3.05) is 6.61 Å². The molecule has 1 heterocycles. The molecule has 0 N–H and O–H groups in total. The molecule has 0 amide bonds. The van der Waals surface area contributed by atoms with Gasteiger partial charge in [-0.25, -0.2) is 0 Å². The predicted octanol–water partition coefficient (Wildman–Crippen LogP) is 3.66. The fraction of sp³-hybridized carbons (Fsp3) is 0.278. The first-order chi connectivity index (χ1) is 10.3. The van der Waals surface area contributed by atoms with Crippen molar-refractivity contribution >= 4 is 5.78 Å². The first kappa shape index (κ1) is 13.7.